The SMILES string of the molecule is NC1CCOCC1Cc1c(F)cccc1Cl. The van der Waals surface area contributed by atoms with Gasteiger partial charge in [-0.1, -0.05) is 17.7 Å². The summed E-state index contributed by atoms with van der Waals surface area (Å²) in [5, 5.41) is 0.470. The zero-order chi connectivity index (χ0) is 11.5. The van der Waals surface area contributed by atoms with Crippen LogP contribution in [0.5, 0.6) is 0 Å². The standard InChI is InChI=1S/C12H15ClFNO/c13-10-2-1-3-11(14)9(10)6-8-7-16-5-4-12(8)15/h1-3,8,12H,4-7,15H2. The van der Waals surface area contributed by atoms with Crippen LogP contribution < -0.4 is 5.73 Å². The van der Waals surface area contributed by atoms with Crippen LogP contribution in [0.15, 0.2) is 18.2 Å². The maximum Gasteiger partial charge on any atom is 0.127 e. The average molecular weight is 244 g/mol. The van der Waals surface area contributed by atoms with Gasteiger partial charge in [0.25, 0.3) is 0 Å². The van der Waals surface area contributed by atoms with E-state index in [0.29, 0.717) is 30.2 Å². The van der Waals surface area contributed by atoms with E-state index in [1.165, 1.54) is 6.07 Å². The predicted molar refractivity (Wildman–Crippen MR) is 62.0 cm³/mol. The Morgan fingerprint density at radius 2 is 2.31 bits per heavy atom. The minimum absolute atomic E-state index is 0.0735. The highest BCUT2D eigenvalue weighted by Crippen LogP contribution is 2.25. The molecule has 1 saturated heterocycles. The lowest BCUT2D eigenvalue weighted by molar-refractivity contribution is 0.0420. The molecule has 1 fully saturated rings. The Bertz CT molecular complexity index is 352. The fourth-order valence-electron chi connectivity index (χ4n) is 2.01. The van der Waals surface area contributed by atoms with E-state index in [0.717, 1.165) is 6.42 Å². The van der Waals surface area contributed by atoms with Crippen molar-refractivity contribution in [3.63, 3.8) is 0 Å². The van der Waals surface area contributed by atoms with Crippen LogP contribution in [0.4, 0.5) is 4.39 Å². The zero-order valence-corrected chi connectivity index (χ0v) is 9.71. The highest BCUT2D eigenvalue weighted by molar-refractivity contribution is 6.31. The maximum absolute atomic E-state index is 13.6. The molecule has 4 heteroatoms. The Kier molecular flexibility index (Phi) is 3.79. The van der Waals surface area contributed by atoms with E-state index in [1.54, 1.807) is 12.1 Å². The van der Waals surface area contributed by atoms with E-state index in [2.05, 4.69) is 0 Å². The van der Waals surface area contributed by atoms with E-state index in [4.69, 9.17) is 22.1 Å². The van der Waals surface area contributed by atoms with Gasteiger partial charge in [-0.25, -0.2) is 4.39 Å². The number of hydrogen-bond donors (Lipinski definition) is 1. The van der Waals surface area contributed by atoms with E-state index in [-0.39, 0.29) is 17.8 Å². The minimum Gasteiger partial charge on any atom is -0.381 e. The van der Waals surface area contributed by atoms with Crippen LogP contribution in [0.1, 0.15) is 12.0 Å². The van der Waals surface area contributed by atoms with Crippen molar-refractivity contribution in [2.45, 2.75) is 18.9 Å². The molecule has 1 aliphatic rings. The van der Waals surface area contributed by atoms with Crippen molar-refractivity contribution in [3.05, 3.63) is 34.6 Å². The van der Waals surface area contributed by atoms with Crippen LogP contribution in [0.25, 0.3) is 0 Å². The first kappa shape index (κ1) is 11.8. The third-order valence-corrected chi connectivity index (χ3v) is 3.42. The molecule has 1 aromatic carbocycles. The van der Waals surface area contributed by atoms with Crippen LogP contribution in [0.2, 0.25) is 5.02 Å². The second-order valence-electron chi connectivity index (χ2n) is 4.19. The summed E-state index contributed by atoms with van der Waals surface area (Å²) in [6.45, 7) is 1.29. The molecule has 88 valence electrons. The summed E-state index contributed by atoms with van der Waals surface area (Å²) in [6, 6.07) is 4.81. The van der Waals surface area contributed by atoms with Crippen LogP contribution >= 0.6 is 11.6 Å². The van der Waals surface area contributed by atoms with Crippen molar-refractivity contribution < 1.29 is 9.13 Å². The zero-order valence-electron chi connectivity index (χ0n) is 8.96. The van der Waals surface area contributed by atoms with Crippen molar-refractivity contribution in [1.29, 1.82) is 0 Å². The first-order valence-corrected chi connectivity index (χ1v) is 5.82. The lowest BCUT2D eigenvalue weighted by Gasteiger charge is -2.29. The van der Waals surface area contributed by atoms with Gasteiger partial charge in [0.2, 0.25) is 0 Å². The van der Waals surface area contributed by atoms with Gasteiger partial charge in [-0.15, -0.1) is 0 Å². The molecule has 1 aliphatic heterocycles. The first-order valence-electron chi connectivity index (χ1n) is 5.44. The van der Waals surface area contributed by atoms with Crippen molar-refractivity contribution in [3.8, 4) is 0 Å². The van der Waals surface area contributed by atoms with Gasteiger partial charge in [-0.05, 0) is 25.0 Å². The van der Waals surface area contributed by atoms with Gasteiger partial charge in [0.1, 0.15) is 5.82 Å². The summed E-state index contributed by atoms with van der Waals surface area (Å²) in [5.41, 5.74) is 6.53. The maximum atomic E-state index is 13.6. The summed E-state index contributed by atoms with van der Waals surface area (Å²) in [4.78, 5) is 0. The van der Waals surface area contributed by atoms with Gasteiger partial charge in [0, 0.05) is 29.2 Å². The summed E-state index contributed by atoms with van der Waals surface area (Å²) >= 11 is 5.97. The fraction of sp³-hybridized carbons (Fsp3) is 0.500. The summed E-state index contributed by atoms with van der Waals surface area (Å²) in [5.74, 6) is -0.103. The molecule has 0 aromatic heterocycles. The quantitative estimate of drug-likeness (QED) is 0.866. The van der Waals surface area contributed by atoms with E-state index >= 15 is 0 Å². The molecule has 0 bridgehead atoms. The fourth-order valence-corrected chi connectivity index (χ4v) is 2.25. The smallest absolute Gasteiger partial charge is 0.127 e. The number of benzene rings is 1. The van der Waals surface area contributed by atoms with Gasteiger partial charge in [-0.3, -0.25) is 0 Å². The Morgan fingerprint density at radius 3 is 3.00 bits per heavy atom. The monoisotopic (exact) mass is 243 g/mol. The number of nitrogens with two attached hydrogens (primary N) is 1. The van der Waals surface area contributed by atoms with Crippen LogP contribution in [-0.2, 0) is 11.2 Å². The molecular formula is C12H15ClFNO. The molecule has 16 heavy (non-hydrogen) atoms. The molecule has 1 aromatic rings. The molecule has 0 radical (unpaired) electrons. The average Bonchev–Trinajstić information content (AvgIpc) is 2.26. The van der Waals surface area contributed by atoms with Crippen LogP contribution in [-0.4, -0.2) is 19.3 Å². The van der Waals surface area contributed by atoms with Crippen LogP contribution in [0.3, 0.4) is 0 Å². The van der Waals surface area contributed by atoms with Gasteiger partial charge < -0.3 is 10.5 Å². The highest BCUT2D eigenvalue weighted by Gasteiger charge is 2.24. The second-order valence-corrected chi connectivity index (χ2v) is 4.60. The Hall–Kier alpha value is -0.640. The highest BCUT2D eigenvalue weighted by atomic mass is 35.5. The predicted octanol–water partition coefficient (Wildman–Crippen LogP) is 2.39. The van der Waals surface area contributed by atoms with Crippen LogP contribution in [0, 0.1) is 11.7 Å². The Labute approximate surface area is 99.5 Å². The Balaban J connectivity index is 2.13. The Morgan fingerprint density at radius 1 is 1.50 bits per heavy atom. The van der Waals surface area contributed by atoms with Crippen molar-refractivity contribution >= 4 is 11.6 Å². The topological polar surface area (TPSA) is 35.2 Å². The van der Waals surface area contributed by atoms with Crippen molar-refractivity contribution in [2.75, 3.05) is 13.2 Å². The lowest BCUT2D eigenvalue weighted by atomic mass is 9.90. The molecule has 0 amide bonds. The molecule has 0 saturated carbocycles. The summed E-state index contributed by atoms with van der Waals surface area (Å²) in [6.07, 6.45) is 1.38. The third-order valence-electron chi connectivity index (χ3n) is 3.06. The molecule has 1 heterocycles. The molecule has 2 atom stereocenters. The minimum atomic E-state index is -0.259. The lowest BCUT2D eigenvalue weighted by Crippen LogP contribution is -2.39. The summed E-state index contributed by atoms with van der Waals surface area (Å²) in [7, 11) is 0. The van der Waals surface area contributed by atoms with Gasteiger partial charge >= 0.3 is 0 Å². The molecule has 2 N–H and O–H groups in total. The van der Waals surface area contributed by atoms with E-state index in [9.17, 15) is 4.39 Å². The molecule has 2 nitrogen and oxygen atoms in total. The molecule has 0 aliphatic carbocycles. The molecular weight excluding hydrogens is 229 g/mol. The number of rotatable bonds is 2. The third kappa shape index (κ3) is 2.54. The molecule has 2 unspecified atom stereocenters. The van der Waals surface area contributed by atoms with E-state index in [1.807, 2.05) is 0 Å². The van der Waals surface area contributed by atoms with Gasteiger partial charge in [0.15, 0.2) is 0 Å². The first-order chi connectivity index (χ1) is 7.68. The van der Waals surface area contributed by atoms with Crippen molar-refractivity contribution in [1.82, 2.24) is 0 Å². The molecule has 0 spiro atoms. The largest absolute Gasteiger partial charge is 0.381 e. The van der Waals surface area contributed by atoms with Crippen molar-refractivity contribution in [2.24, 2.45) is 11.7 Å². The van der Waals surface area contributed by atoms with Gasteiger partial charge in [-0.2, -0.15) is 0 Å². The number of halogens is 2. The summed E-state index contributed by atoms with van der Waals surface area (Å²) < 4.78 is 18.9. The number of hydrogen-bond acceptors (Lipinski definition) is 2. The number of ether oxygens (including phenoxy) is 1. The molecule has 2 rings (SSSR count). The van der Waals surface area contributed by atoms with E-state index < -0.39 is 0 Å². The van der Waals surface area contributed by atoms with Gasteiger partial charge in [0.05, 0.1) is 6.61 Å². The second kappa shape index (κ2) is 5.13. The normalized spacial score (nSPS) is 25.7.